The first-order valence-electron chi connectivity index (χ1n) is 19.8. The number of fused-ring (bicyclic) bond motifs is 6. The Morgan fingerprint density at radius 2 is 1.83 bits per heavy atom. The third kappa shape index (κ3) is 6.62. The van der Waals surface area contributed by atoms with Gasteiger partial charge in [-0.15, -0.1) is 0 Å². The molecule has 8 nitrogen and oxygen atoms in total. The molecule has 1 aromatic heterocycles. The molecule has 0 saturated heterocycles. The van der Waals surface area contributed by atoms with Crippen LogP contribution in [0.25, 0.3) is 10.9 Å². The lowest BCUT2D eigenvalue weighted by atomic mass is 9.42. The first-order valence-corrected chi connectivity index (χ1v) is 19.8. The molecule has 0 spiro atoms. The van der Waals surface area contributed by atoms with Crippen LogP contribution < -0.4 is 5.32 Å². The predicted octanol–water partition coefficient (Wildman–Crippen LogP) is 7.68. The Morgan fingerprint density at radius 3 is 2.56 bits per heavy atom. The van der Waals surface area contributed by atoms with E-state index >= 15 is 4.39 Å². The number of carbonyl (C=O) groups excluding carboxylic acids is 1. The lowest BCUT2D eigenvalue weighted by Crippen LogP contribution is -2.63. The first-order chi connectivity index (χ1) is 25.6. The number of hydrogen-bond acceptors (Lipinski definition) is 7. The molecule has 4 saturated carbocycles. The largest absolute Gasteiger partial charge is 0.481 e. The number of aryl methyl sites for hydroxylation is 1. The van der Waals surface area contributed by atoms with Crippen molar-refractivity contribution in [1.82, 2.24) is 4.98 Å². The van der Waals surface area contributed by atoms with Crippen molar-refractivity contribution in [3.63, 3.8) is 0 Å². The SMILES string of the molecule is CC(=O)c1c(C)nc2ccccc2c1NCc1ccc(C#C[C@@]2(O)CC[C@@]3(C)C(C[C@@H](O)C4C3C[C@H](O)[C@@]3(C)C4CC[C@@H]3C(C)CCC(=O)O)C2)cc1F. The molecule has 4 fully saturated rings. The maximum absolute atomic E-state index is 15.5. The fourth-order valence-corrected chi connectivity index (χ4v) is 11.9. The van der Waals surface area contributed by atoms with Crippen LogP contribution in [0.15, 0.2) is 42.5 Å². The molecule has 9 heteroatoms. The minimum absolute atomic E-state index is 0.0167. The molecule has 2 aromatic carbocycles. The number of pyridine rings is 1. The molecular formula is C45H55FN2O6. The summed E-state index contributed by atoms with van der Waals surface area (Å²) < 4.78 is 15.5. The van der Waals surface area contributed by atoms with Crippen molar-refractivity contribution >= 4 is 28.3 Å². The van der Waals surface area contributed by atoms with Gasteiger partial charge in [0.2, 0.25) is 0 Å². The highest BCUT2D eigenvalue weighted by molar-refractivity contribution is 6.08. The van der Waals surface area contributed by atoms with Crippen molar-refractivity contribution in [1.29, 1.82) is 0 Å². The van der Waals surface area contributed by atoms with Gasteiger partial charge in [-0.05, 0) is 130 Å². The number of nitrogens with one attached hydrogen (secondary N) is 1. The average Bonchev–Trinajstić information content (AvgIpc) is 3.48. The number of rotatable bonds is 8. The fraction of sp³-hybridized carbons (Fsp3) is 0.578. The van der Waals surface area contributed by atoms with Gasteiger partial charge in [0.25, 0.3) is 0 Å². The van der Waals surface area contributed by atoms with Crippen LogP contribution in [0.4, 0.5) is 10.1 Å². The summed E-state index contributed by atoms with van der Waals surface area (Å²) in [6.07, 6.45) is 4.24. The summed E-state index contributed by atoms with van der Waals surface area (Å²) in [4.78, 5) is 28.5. The number of aliphatic hydroxyl groups is 3. The number of benzene rings is 2. The standard InChI is InChI=1S/C45H55FN2O6/c1-25(10-15-39(52)53)32-13-14-33-41-34(22-38(51)44(32,33)5)43(4)18-19-45(54,23-30(43)21-37(41)50)17-16-28-11-12-29(35(46)20-28)24-47-42-31-8-6-7-9-36(31)48-26(2)40(42)27(3)49/h6-9,11-12,20,25,30,32-34,37-38,41,50-51,54H,10,13-15,18-19,21-24H2,1-5H3,(H,47,48)(H,52,53)/t25?,30?,32-,33?,34?,37-,38+,41?,43+,44-,45-/m1/s1. The lowest BCUT2D eigenvalue weighted by Gasteiger charge is -2.64. The van der Waals surface area contributed by atoms with Gasteiger partial charge in [0.15, 0.2) is 5.78 Å². The quantitative estimate of drug-likeness (QED) is 0.117. The highest BCUT2D eigenvalue weighted by Crippen LogP contribution is 2.69. The Balaban J connectivity index is 1.05. The molecule has 0 bridgehead atoms. The lowest BCUT2D eigenvalue weighted by molar-refractivity contribution is -0.211. The van der Waals surface area contributed by atoms with Crippen molar-refractivity contribution in [2.24, 2.45) is 46.3 Å². The number of para-hydroxylation sites is 1. The van der Waals surface area contributed by atoms with Gasteiger partial charge in [0, 0.05) is 29.5 Å². The predicted molar refractivity (Wildman–Crippen MR) is 206 cm³/mol. The Kier molecular flexibility index (Phi) is 10.2. The number of anilines is 1. The van der Waals surface area contributed by atoms with Gasteiger partial charge in [-0.1, -0.05) is 56.9 Å². The summed E-state index contributed by atoms with van der Waals surface area (Å²) in [5.74, 6) is 5.53. The maximum Gasteiger partial charge on any atom is 0.303 e. The van der Waals surface area contributed by atoms with Crippen molar-refractivity contribution in [2.45, 2.75) is 117 Å². The zero-order chi connectivity index (χ0) is 38.7. The van der Waals surface area contributed by atoms with Crippen LogP contribution >= 0.6 is 0 Å². The number of carboxylic acids is 1. The summed E-state index contributed by atoms with van der Waals surface area (Å²) in [6.45, 7) is 10.0. The van der Waals surface area contributed by atoms with Gasteiger partial charge in [-0.2, -0.15) is 0 Å². The highest BCUT2D eigenvalue weighted by Gasteiger charge is 2.66. The van der Waals surface area contributed by atoms with Gasteiger partial charge < -0.3 is 25.7 Å². The van der Waals surface area contributed by atoms with Crippen LogP contribution in [-0.2, 0) is 11.3 Å². The maximum atomic E-state index is 15.5. The molecular weight excluding hydrogens is 684 g/mol. The number of aliphatic carboxylic acids is 1. The summed E-state index contributed by atoms with van der Waals surface area (Å²) in [5.41, 5.74) is 1.53. The number of halogens is 1. The Bertz CT molecular complexity index is 2020. The molecule has 5 N–H and O–H groups in total. The van der Waals surface area contributed by atoms with E-state index in [0.717, 1.165) is 30.2 Å². The normalized spacial score (nSPS) is 34.9. The second-order valence-electron chi connectivity index (χ2n) is 17.7. The summed E-state index contributed by atoms with van der Waals surface area (Å²) in [5, 5.41) is 48.9. The van der Waals surface area contributed by atoms with Gasteiger partial charge in [-0.3, -0.25) is 14.6 Å². The van der Waals surface area contributed by atoms with Crippen molar-refractivity contribution < 1.29 is 34.4 Å². The van der Waals surface area contributed by atoms with Gasteiger partial charge in [0.1, 0.15) is 11.4 Å². The number of aromatic nitrogens is 1. The summed E-state index contributed by atoms with van der Waals surface area (Å²) in [7, 11) is 0. The third-order valence-electron chi connectivity index (χ3n) is 14.8. The van der Waals surface area contributed by atoms with Crippen molar-refractivity contribution in [2.75, 3.05) is 5.32 Å². The molecule has 0 aliphatic heterocycles. The molecule has 7 rings (SSSR count). The second kappa shape index (κ2) is 14.3. The van der Waals surface area contributed by atoms with E-state index in [-0.39, 0.29) is 65.1 Å². The summed E-state index contributed by atoms with van der Waals surface area (Å²) in [6, 6.07) is 12.4. The van der Waals surface area contributed by atoms with Crippen LogP contribution in [0.2, 0.25) is 0 Å². The molecule has 288 valence electrons. The molecule has 4 aliphatic carbocycles. The monoisotopic (exact) mass is 738 g/mol. The van der Waals surface area contributed by atoms with Crippen molar-refractivity contribution in [3.05, 3.63) is 70.7 Å². The Morgan fingerprint density at radius 1 is 1.07 bits per heavy atom. The molecule has 3 aromatic rings. The zero-order valence-corrected chi connectivity index (χ0v) is 32.2. The molecule has 5 unspecified atom stereocenters. The van der Waals surface area contributed by atoms with E-state index in [4.69, 9.17) is 0 Å². The van der Waals surface area contributed by atoms with Crippen LogP contribution in [0.3, 0.4) is 0 Å². The first kappa shape index (κ1) is 38.4. The number of ketones is 1. The zero-order valence-electron chi connectivity index (χ0n) is 32.2. The minimum Gasteiger partial charge on any atom is -0.481 e. The van der Waals surface area contributed by atoms with Crippen LogP contribution in [0.1, 0.15) is 113 Å². The molecule has 11 atom stereocenters. The van der Waals surface area contributed by atoms with E-state index in [9.17, 15) is 30.0 Å². The number of carboxylic acid groups (broad SMARTS) is 1. The Hall–Kier alpha value is -3.84. The van der Waals surface area contributed by atoms with Crippen LogP contribution in [-0.4, -0.2) is 55.0 Å². The van der Waals surface area contributed by atoms with Gasteiger partial charge in [0.05, 0.1) is 34.7 Å². The number of hydrogen-bond donors (Lipinski definition) is 5. The topological polar surface area (TPSA) is 140 Å². The third-order valence-corrected chi connectivity index (χ3v) is 14.8. The smallest absolute Gasteiger partial charge is 0.303 e. The average molecular weight is 739 g/mol. The fourth-order valence-electron chi connectivity index (χ4n) is 11.9. The highest BCUT2D eigenvalue weighted by atomic mass is 19.1. The second-order valence-corrected chi connectivity index (χ2v) is 17.7. The van der Waals surface area contributed by atoms with E-state index < -0.39 is 29.6 Å². The van der Waals surface area contributed by atoms with Crippen molar-refractivity contribution in [3.8, 4) is 11.8 Å². The number of carbonyl (C=O) groups is 2. The van der Waals surface area contributed by atoms with E-state index in [1.165, 1.54) is 13.0 Å². The molecule has 54 heavy (non-hydrogen) atoms. The van der Waals surface area contributed by atoms with E-state index in [0.29, 0.717) is 60.2 Å². The molecule has 4 aliphatic rings. The van der Waals surface area contributed by atoms with Gasteiger partial charge >= 0.3 is 5.97 Å². The van der Waals surface area contributed by atoms with E-state index in [1.807, 2.05) is 24.3 Å². The molecule has 1 heterocycles. The minimum atomic E-state index is -1.28. The number of nitrogens with zero attached hydrogens (tertiary/aromatic N) is 1. The van der Waals surface area contributed by atoms with Crippen LogP contribution in [0.5, 0.6) is 0 Å². The van der Waals surface area contributed by atoms with E-state index in [2.05, 4.69) is 42.9 Å². The van der Waals surface area contributed by atoms with Gasteiger partial charge in [-0.25, -0.2) is 4.39 Å². The summed E-state index contributed by atoms with van der Waals surface area (Å²) >= 11 is 0. The number of Topliss-reactive ketones (excluding diaryl/α,β-unsaturated/α-hetero) is 1. The molecule has 0 amide bonds. The number of aliphatic hydroxyl groups excluding tert-OH is 2. The van der Waals surface area contributed by atoms with E-state index in [1.54, 1.807) is 19.1 Å². The Labute approximate surface area is 318 Å². The molecule has 0 radical (unpaired) electrons. The van der Waals surface area contributed by atoms with Crippen LogP contribution in [0, 0.1) is 70.9 Å².